The highest BCUT2D eigenvalue weighted by Gasteiger charge is 2.47. The van der Waals surface area contributed by atoms with E-state index >= 15 is 0 Å². The standard InChI is InChI=1S/C21H30N2O2/c24-20(17-8-4-5-9-17)23-15-12-21(25,18-10-2-1-3-11-18)19(16-23)22-13-6-7-14-22/h1-3,10-11,17,19,25H,4-9,12-16H2/t19-,21+/m1/s1. The Morgan fingerprint density at radius 3 is 2.36 bits per heavy atom. The van der Waals surface area contributed by atoms with Gasteiger partial charge in [-0.2, -0.15) is 0 Å². The second-order valence-electron chi connectivity index (χ2n) is 8.06. The quantitative estimate of drug-likeness (QED) is 0.919. The van der Waals surface area contributed by atoms with Crippen LogP contribution in [0.15, 0.2) is 30.3 Å². The lowest BCUT2D eigenvalue weighted by molar-refractivity contribution is -0.147. The van der Waals surface area contributed by atoms with Gasteiger partial charge in [0.05, 0.1) is 6.04 Å². The van der Waals surface area contributed by atoms with E-state index in [1.807, 2.05) is 30.3 Å². The van der Waals surface area contributed by atoms with E-state index < -0.39 is 5.60 Å². The number of piperidine rings is 1. The van der Waals surface area contributed by atoms with Crippen LogP contribution in [0.1, 0.15) is 50.5 Å². The molecule has 1 amide bonds. The fourth-order valence-corrected chi connectivity index (χ4v) is 5.09. The number of nitrogens with zero attached hydrogens (tertiary/aromatic N) is 2. The second-order valence-corrected chi connectivity index (χ2v) is 8.06. The summed E-state index contributed by atoms with van der Waals surface area (Å²) in [7, 11) is 0. The van der Waals surface area contributed by atoms with Gasteiger partial charge in [-0.05, 0) is 50.8 Å². The molecule has 136 valence electrons. The lowest BCUT2D eigenvalue weighted by Gasteiger charge is -2.49. The van der Waals surface area contributed by atoms with E-state index in [1.165, 1.54) is 25.7 Å². The molecule has 1 N–H and O–H groups in total. The Morgan fingerprint density at radius 1 is 1.00 bits per heavy atom. The molecule has 0 unspecified atom stereocenters. The Morgan fingerprint density at radius 2 is 1.68 bits per heavy atom. The van der Waals surface area contributed by atoms with Crippen LogP contribution in [0.4, 0.5) is 0 Å². The number of amides is 1. The zero-order valence-corrected chi connectivity index (χ0v) is 15.1. The monoisotopic (exact) mass is 342 g/mol. The number of hydrogen-bond acceptors (Lipinski definition) is 3. The van der Waals surface area contributed by atoms with Gasteiger partial charge < -0.3 is 10.0 Å². The van der Waals surface area contributed by atoms with E-state index in [1.54, 1.807) is 0 Å². The average Bonchev–Trinajstić information content (AvgIpc) is 3.36. The van der Waals surface area contributed by atoms with Crippen molar-refractivity contribution in [2.24, 2.45) is 5.92 Å². The molecule has 1 aromatic rings. The highest BCUT2D eigenvalue weighted by atomic mass is 16.3. The molecule has 2 heterocycles. The zero-order valence-electron chi connectivity index (χ0n) is 15.1. The average molecular weight is 342 g/mol. The van der Waals surface area contributed by atoms with E-state index in [9.17, 15) is 9.90 Å². The van der Waals surface area contributed by atoms with Gasteiger partial charge in [-0.25, -0.2) is 0 Å². The molecule has 0 aromatic heterocycles. The highest BCUT2D eigenvalue weighted by Crippen LogP contribution is 2.38. The molecule has 4 rings (SSSR count). The minimum atomic E-state index is -0.849. The fraction of sp³-hybridized carbons (Fsp3) is 0.667. The first-order chi connectivity index (χ1) is 12.2. The van der Waals surface area contributed by atoms with Crippen molar-refractivity contribution in [1.29, 1.82) is 0 Å². The van der Waals surface area contributed by atoms with Crippen molar-refractivity contribution in [2.45, 2.75) is 56.6 Å². The smallest absolute Gasteiger partial charge is 0.225 e. The number of carbonyl (C=O) groups excluding carboxylic acids is 1. The number of benzene rings is 1. The minimum Gasteiger partial charge on any atom is -0.383 e. The number of rotatable bonds is 3. The molecule has 1 aromatic carbocycles. The maximum atomic E-state index is 12.9. The minimum absolute atomic E-state index is 0.0107. The van der Waals surface area contributed by atoms with Crippen molar-refractivity contribution in [3.63, 3.8) is 0 Å². The van der Waals surface area contributed by atoms with Gasteiger partial charge in [0.25, 0.3) is 0 Å². The van der Waals surface area contributed by atoms with Gasteiger partial charge in [-0.1, -0.05) is 43.2 Å². The van der Waals surface area contributed by atoms with Crippen molar-refractivity contribution < 1.29 is 9.90 Å². The van der Waals surface area contributed by atoms with Crippen LogP contribution >= 0.6 is 0 Å². The molecule has 3 fully saturated rings. The Bertz CT molecular complexity index is 593. The Hall–Kier alpha value is -1.39. The van der Waals surface area contributed by atoms with Gasteiger partial charge in [0.15, 0.2) is 0 Å². The SMILES string of the molecule is O=C(C1CCCC1)N1CC[C@](O)(c2ccccc2)[C@H](N2CCCC2)C1. The molecule has 25 heavy (non-hydrogen) atoms. The first-order valence-electron chi connectivity index (χ1n) is 9.99. The summed E-state index contributed by atoms with van der Waals surface area (Å²) in [6.45, 7) is 3.41. The number of aliphatic hydroxyl groups is 1. The van der Waals surface area contributed by atoms with E-state index in [2.05, 4.69) is 9.80 Å². The van der Waals surface area contributed by atoms with Crippen LogP contribution in [-0.4, -0.2) is 53.0 Å². The summed E-state index contributed by atoms with van der Waals surface area (Å²) in [6, 6.07) is 10.1. The first kappa shape index (κ1) is 17.0. The molecule has 3 aliphatic rings. The van der Waals surface area contributed by atoms with Gasteiger partial charge >= 0.3 is 0 Å². The lowest BCUT2D eigenvalue weighted by atomic mass is 9.79. The fourth-order valence-electron chi connectivity index (χ4n) is 5.09. The van der Waals surface area contributed by atoms with Crippen molar-refractivity contribution in [2.75, 3.05) is 26.2 Å². The van der Waals surface area contributed by atoms with Crippen molar-refractivity contribution in [1.82, 2.24) is 9.80 Å². The van der Waals surface area contributed by atoms with E-state index in [0.717, 1.165) is 31.5 Å². The van der Waals surface area contributed by atoms with Crippen LogP contribution in [0.3, 0.4) is 0 Å². The topological polar surface area (TPSA) is 43.8 Å². The molecular formula is C21H30N2O2. The Kier molecular flexibility index (Phi) is 4.83. The van der Waals surface area contributed by atoms with Gasteiger partial charge in [-0.15, -0.1) is 0 Å². The third kappa shape index (κ3) is 3.22. The summed E-state index contributed by atoms with van der Waals surface area (Å²) in [5.74, 6) is 0.555. The van der Waals surface area contributed by atoms with Gasteiger partial charge in [0.1, 0.15) is 5.60 Å². The number of likely N-dealkylation sites (tertiary alicyclic amines) is 2. The lowest BCUT2D eigenvalue weighted by Crippen LogP contribution is -2.61. The predicted octanol–water partition coefficient (Wildman–Crippen LogP) is 2.76. The molecule has 1 saturated carbocycles. The summed E-state index contributed by atoms with van der Waals surface area (Å²) < 4.78 is 0. The molecule has 0 bridgehead atoms. The van der Waals surface area contributed by atoms with E-state index in [0.29, 0.717) is 25.4 Å². The molecular weight excluding hydrogens is 312 g/mol. The van der Waals surface area contributed by atoms with Crippen LogP contribution < -0.4 is 0 Å². The van der Waals surface area contributed by atoms with E-state index in [-0.39, 0.29) is 12.0 Å². The van der Waals surface area contributed by atoms with Crippen LogP contribution in [0.5, 0.6) is 0 Å². The van der Waals surface area contributed by atoms with Crippen LogP contribution in [-0.2, 0) is 10.4 Å². The summed E-state index contributed by atoms with van der Waals surface area (Å²) in [6.07, 6.45) is 7.49. The van der Waals surface area contributed by atoms with Gasteiger partial charge in [-0.3, -0.25) is 9.69 Å². The number of carbonyl (C=O) groups is 1. The van der Waals surface area contributed by atoms with Crippen LogP contribution in [0, 0.1) is 5.92 Å². The molecule has 0 spiro atoms. The van der Waals surface area contributed by atoms with Crippen molar-refractivity contribution in [3.05, 3.63) is 35.9 Å². The van der Waals surface area contributed by atoms with Crippen molar-refractivity contribution >= 4 is 5.91 Å². The zero-order chi connectivity index (χ0) is 17.3. The Labute approximate surface area is 150 Å². The second kappa shape index (κ2) is 7.08. The summed E-state index contributed by atoms with van der Waals surface area (Å²) in [5.41, 5.74) is 0.151. The third-order valence-electron chi connectivity index (χ3n) is 6.58. The Balaban J connectivity index is 1.58. The normalized spacial score (nSPS) is 31.6. The largest absolute Gasteiger partial charge is 0.383 e. The summed E-state index contributed by atoms with van der Waals surface area (Å²) >= 11 is 0. The highest BCUT2D eigenvalue weighted by molar-refractivity contribution is 5.79. The molecule has 2 aliphatic heterocycles. The van der Waals surface area contributed by atoms with Gasteiger partial charge in [0.2, 0.25) is 5.91 Å². The molecule has 4 heteroatoms. The molecule has 2 saturated heterocycles. The molecule has 2 atom stereocenters. The van der Waals surface area contributed by atoms with Crippen molar-refractivity contribution in [3.8, 4) is 0 Å². The third-order valence-corrected chi connectivity index (χ3v) is 6.58. The maximum Gasteiger partial charge on any atom is 0.225 e. The first-order valence-corrected chi connectivity index (χ1v) is 9.99. The molecule has 1 aliphatic carbocycles. The number of hydrogen-bond donors (Lipinski definition) is 1. The summed E-state index contributed by atoms with van der Waals surface area (Å²) in [4.78, 5) is 17.4. The van der Waals surface area contributed by atoms with Crippen LogP contribution in [0.25, 0.3) is 0 Å². The van der Waals surface area contributed by atoms with Gasteiger partial charge in [0, 0.05) is 19.0 Å². The summed E-state index contributed by atoms with van der Waals surface area (Å²) in [5, 5.41) is 11.6. The predicted molar refractivity (Wildman–Crippen MR) is 98.1 cm³/mol. The van der Waals surface area contributed by atoms with Crippen LogP contribution in [0.2, 0.25) is 0 Å². The molecule has 4 nitrogen and oxygen atoms in total. The molecule has 0 radical (unpaired) electrons. The maximum absolute atomic E-state index is 12.9. The van der Waals surface area contributed by atoms with E-state index in [4.69, 9.17) is 0 Å².